The minimum absolute atomic E-state index is 0.105. The molecule has 0 spiro atoms. The van der Waals surface area contributed by atoms with Gasteiger partial charge in [0, 0.05) is 6.07 Å². The number of methoxy groups -OCH3 is 1. The summed E-state index contributed by atoms with van der Waals surface area (Å²) in [5, 5.41) is 18.8. The molecule has 1 saturated carbocycles. The molecule has 2 N–H and O–H groups in total. The first-order valence-corrected chi connectivity index (χ1v) is 9.52. The van der Waals surface area contributed by atoms with Crippen LogP contribution in [0.3, 0.4) is 0 Å². The predicted octanol–water partition coefficient (Wildman–Crippen LogP) is 3.70. The lowest BCUT2D eigenvalue weighted by molar-refractivity contribution is -0.0861. The van der Waals surface area contributed by atoms with Crippen LogP contribution in [0.4, 0.5) is 20.4 Å². The Morgan fingerprint density at radius 1 is 1.19 bits per heavy atom. The molecule has 0 atom stereocenters. The number of nitriles is 1. The van der Waals surface area contributed by atoms with Gasteiger partial charge in [-0.3, -0.25) is 10.1 Å². The van der Waals surface area contributed by atoms with Crippen molar-refractivity contribution in [1.82, 2.24) is 25.1 Å². The van der Waals surface area contributed by atoms with Crippen molar-refractivity contribution < 1.29 is 18.3 Å². The number of nitrogens with zero attached hydrogens (tertiary/aromatic N) is 5. The minimum Gasteiger partial charge on any atom is -0.494 e. The van der Waals surface area contributed by atoms with Crippen LogP contribution in [0.5, 0.6) is 11.5 Å². The van der Waals surface area contributed by atoms with Gasteiger partial charge in [0.05, 0.1) is 55.2 Å². The quantitative estimate of drug-likeness (QED) is 0.558. The summed E-state index contributed by atoms with van der Waals surface area (Å²) in [4.78, 5) is 12.1. The zero-order chi connectivity index (χ0) is 21.8. The van der Waals surface area contributed by atoms with E-state index in [2.05, 4.69) is 30.5 Å². The number of hydrogen-bond donors (Lipinski definition) is 2. The van der Waals surface area contributed by atoms with Gasteiger partial charge >= 0.3 is 0 Å². The number of aromatic amines is 1. The van der Waals surface area contributed by atoms with Crippen molar-refractivity contribution in [1.29, 1.82) is 5.26 Å². The molecule has 9 nitrogen and oxygen atoms in total. The third-order valence-corrected chi connectivity index (χ3v) is 5.29. The zero-order valence-corrected chi connectivity index (χ0v) is 16.6. The van der Waals surface area contributed by atoms with Crippen LogP contribution in [-0.2, 0) is 0 Å². The van der Waals surface area contributed by atoms with Crippen LogP contribution < -0.4 is 14.8 Å². The lowest BCUT2D eigenvalue weighted by Gasteiger charge is -2.40. The molecule has 0 aliphatic heterocycles. The maximum atomic E-state index is 13.5. The third-order valence-electron chi connectivity index (χ3n) is 5.29. The van der Waals surface area contributed by atoms with Crippen molar-refractivity contribution in [2.24, 2.45) is 5.41 Å². The monoisotopic (exact) mass is 427 g/mol. The Hall–Kier alpha value is -3.81. The van der Waals surface area contributed by atoms with Crippen molar-refractivity contribution in [2.45, 2.75) is 25.7 Å². The number of aromatic nitrogens is 5. The Bertz CT molecular complexity index is 1090. The van der Waals surface area contributed by atoms with Crippen LogP contribution in [0.15, 0.2) is 30.9 Å². The van der Waals surface area contributed by atoms with E-state index in [1.54, 1.807) is 6.07 Å². The first-order chi connectivity index (χ1) is 15.0. The van der Waals surface area contributed by atoms with E-state index >= 15 is 0 Å². The molecule has 0 amide bonds. The van der Waals surface area contributed by atoms with Crippen LogP contribution in [0.25, 0.3) is 11.3 Å². The molecule has 0 bridgehead atoms. The second-order valence-corrected chi connectivity index (χ2v) is 7.21. The molecular weight excluding hydrogens is 408 g/mol. The number of ether oxygens (including phenoxy) is 2. The molecule has 11 heteroatoms. The van der Waals surface area contributed by atoms with Gasteiger partial charge in [0.1, 0.15) is 17.6 Å². The van der Waals surface area contributed by atoms with Crippen molar-refractivity contribution >= 4 is 11.6 Å². The van der Waals surface area contributed by atoms with Gasteiger partial charge in [0.15, 0.2) is 17.3 Å². The van der Waals surface area contributed by atoms with Crippen molar-refractivity contribution in [2.75, 3.05) is 19.0 Å². The van der Waals surface area contributed by atoms with Crippen LogP contribution >= 0.6 is 0 Å². The van der Waals surface area contributed by atoms with Crippen LogP contribution in [0, 0.1) is 16.7 Å². The molecule has 3 aromatic rings. The Kier molecular flexibility index (Phi) is 5.62. The van der Waals surface area contributed by atoms with E-state index in [0.29, 0.717) is 47.2 Å². The number of rotatable bonds is 8. The van der Waals surface area contributed by atoms with Gasteiger partial charge in [0.2, 0.25) is 6.43 Å². The largest absolute Gasteiger partial charge is 0.494 e. The average molecular weight is 427 g/mol. The first kappa shape index (κ1) is 20.5. The molecule has 3 heterocycles. The van der Waals surface area contributed by atoms with E-state index in [4.69, 9.17) is 14.7 Å². The fourth-order valence-electron chi connectivity index (χ4n) is 3.33. The molecular formula is C20H19F2N7O2. The lowest BCUT2D eigenvalue weighted by Crippen LogP contribution is -2.42. The van der Waals surface area contributed by atoms with Gasteiger partial charge in [-0.05, 0) is 12.8 Å². The highest BCUT2D eigenvalue weighted by Crippen LogP contribution is 2.47. The number of halogens is 2. The summed E-state index contributed by atoms with van der Waals surface area (Å²) in [6.07, 6.45) is 4.92. The maximum absolute atomic E-state index is 13.5. The van der Waals surface area contributed by atoms with E-state index in [0.717, 1.165) is 6.42 Å². The number of pyridine rings is 1. The summed E-state index contributed by atoms with van der Waals surface area (Å²) in [5.74, 6) is 1.56. The second-order valence-electron chi connectivity index (χ2n) is 7.21. The second kappa shape index (κ2) is 8.51. The Labute approximate surface area is 176 Å². The van der Waals surface area contributed by atoms with Crippen LogP contribution in [0.1, 0.15) is 25.0 Å². The molecule has 0 saturated heterocycles. The molecule has 3 aromatic heterocycles. The number of H-pyrrole nitrogens is 1. The van der Waals surface area contributed by atoms with Crippen molar-refractivity contribution in [3.63, 3.8) is 0 Å². The summed E-state index contributed by atoms with van der Waals surface area (Å²) >= 11 is 0. The molecule has 1 fully saturated rings. The topological polar surface area (TPSA) is 122 Å². The maximum Gasteiger partial charge on any atom is 0.247 e. The van der Waals surface area contributed by atoms with E-state index < -0.39 is 11.8 Å². The van der Waals surface area contributed by atoms with Crippen molar-refractivity contribution in [3.05, 3.63) is 36.5 Å². The van der Waals surface area contributed by atoms with Gasteiger partial charge in [-0.2, -0.15) is 10.4 Å². The first-order valence-electron chi connectivity index (χ1n) is 9.52. The molecule has 0 radical (unpaired) electrons. The van der Waals surface area contributed by atoms with E-state index in [-0.39, 0.29) is 12.3 Å². The van der Waals surface area contributed by atoms with Crippen LogP contribution in [-0.4, -0.2) is 45.3 Å². The molecule has 0 aromatic carbocycles. The van der Waals surface area contributed by atoms with E-state index in [1.165, 1.54) is 31.9 Å². The lowest BCUT2D eigenvalue weighted by atomic mass is 9.69. The predicted molar refractivity (Wildman–Crippen MR) is 106 cm³/mol. The summed E-state index contributed by atoms with van der Waals surface area (Å²) < 4.78 is 38.2. The van der Waals surface area contributed by atoms with E-state index in [9.17, 15) is 8.78 Å². The van der Waals surface area contributed by atoms with Gasteiger partial charge in [-0.25, -0.2) is 18.7 Å². The minimum atomic E-state index is -2.44. The zero-order valence-electron chi connectivity index (χ0n) is 16.6. The number of nitrogens with one attached hydrogen (secondary N) is 2. The summed E-state index contributed by atoms with van der Waals surface area (Å²) in [6.45, 7) is -0.105. The van der Waals surface area contributed by atoms with E-state index in [1.807, 2.05) is 6.07 Å². The standard InChI is InChI=1S/C20H19F2N7O2/c1-30-14-8-24-9-15(31-11-20(19(21)22)3-2-4-20)18(14)13-5-16(29-28-13)27-17-10-25-12(6-23)7-26-17/h5,7-10,19H,2-4,11H2,1H3,(H2,26,27,28,29). The SMILES string of the molecule is COc1cncc(OCC2(C(F)F)CCC2)c1-c1cc(Nc2cnc(C#N)cn2)n[nH]1. The molecule has 31 heavy (non-hydrogen) atoms. The molecule has 1 aliphatic rings. The van der Waals surface area contributed by atoms with Crippen molar-refractivity contribution in [3.8, 4) is 28.8 Å². The summed E-state index contributed by atoms with van der Waals surface area (Å²) in [6, 6.07) is 3.59. The highest BCUT2D eigenvalue weighted by Gasteiger charge is 2.46. The van der Waals surface area contributed by atoms with Gasteiger partial charge in [-0.1, -0.05) is 6.42 Å². The molecule has 160 valence electrons. The van der Waals surface area contributed by atoms with Gasteiger partial charge in [-0.15, -0.1) is 0 Å². The van der Waals surface area contributed by atoms with Gasteiger partial charge < -0.3 is 14.8 Å². The third kappa shape index (κ3) is 4.09. The molecule has 1 aliphatic carbocycles. The normalized spacial score (nSPS) is 14.5. The fourth-order valence-corrected chi connectivity index (χ4v) is 3.33. The average Bonchev–Trinajstić information content (AvgIpc) is 3.21. The Morgan fingerprint density at radius 2 is 2.00 bits per heavy atom. The van der Waals surface area contributed by atoms with Crippen LogP contribution in [0.2, 0.25) is 0 Å². The smallest absolute Gasteiger partial charge is 0.247 e. The highest BCUT2D eigenvalue weighted by atomic mass is 19.3. The number of anilines is 2. The molecule has 0 unspecified atom stereocenters. The Balaban J connectivity index is 1.58. The fraction of sp³-hybridized carbons (Fsp3) is 0.350. The number of hydrogen-bond acceptors (Lipinski definition) is 8. The summed E-state index contributed by atoms with van der Waals surface area (Å²) in [5.41, 5.74) is 0.144. The number of alkyl halides is 2. The highest BCUT2D eigenvalue weighted by molar-refractivity contribution is 5.75. The Morgan fingerprint density at radius 3 is 2.61 bits per heavy atom. The molecule has 4 rings (SSSR count). The summed E-state index contributed by atoms with van der Waals surface area (Å²) in [7, 11) is 1.48. The van der Waals surface area contributed by atoms with Gasteiger partial charge in [0.25, 0.3) is 0 Å².